The van der Waals surface area contributed by atoms with E-state index in [1.165, 1.54) is 0 Å². The first-order valence-electron chi connectivity index (χ1n) is 4.39. The summed E-state index contributed by atoms with van der Waals surface area (Å²) in [6.45, 7) is 0.970. The number of fused-ring (bicyclic) bond motifs is 1. The maximum atomic E-state index is 10.6. The molecule has 0 bridgehead atoms. The number of carbonyl (C=O) groups excluding carboxylic acids is 1. The molecule has 4 heteroatoms. The number of aldehydes is 1. The summed E-state index contributed by atoms with van der Waals surface area (Å²) < 4.78 is 0. The molecule has 0 amide bonds. The molecule has 1 aliphatic heterocycles. The Morgan fingerprint density at radius 1 is 1.57 bits per heavy atom. The van der Waals surface area contributed by atoms with E-state index >= 15 is 0 Å². The van der Waals surface area contributed by atoms with Gasteiger partial charge >= 0.3 is 0 Å². The molecule has 0 saturated carbocycles. The van der Waals surface area contributed by atoms with Crippen LogP contribution in [0.5, 0.6) is 5.75 Å². The van der Waals surface area contributed by atoms with Crippen molar-refractivity contribution < 1.29 is 9.90 Å². The third-order valence-electron chi connectivity index (χ3n) is 2.35. The van der Waals surface area contributed by atoms with Crippen LogP contribution in [0.3, 0.4) is 0 Å². The number of aromatic hydroxyl groups is 1. The summed E-state index contributed by atoms with van der Waals surface area (Å²) in [6, 6.07) is 3.54. The minimum atomic E-state index is 0.119. The highest BCUT2D eigenvalue weighted by Crippen LogP contribution is 2.41. The standard InChI is InChI=1S/C10H11NO2S/c1-11-4-5-14-10-8(11)3-2-7(6-12)9(10)13/h2-3,6,13H,4-5H2,1H3. The van der Waals surface area contributed by atoms with E-state index in [0.717, 1.165) is 22.9 Å². The Bertz CT molecular complexity index is 379. The van der Waals surface area contributed by atoms with Crippen LogP contribution in [0.1, 0.15) is 10.4 Å². The Labute approximate surface area is 86.7 Å². The van der Waals surface area contributed by atoms with Gasteiger partial charge in [-0.05, 0) is 12.1 Å². The number of hydrogen-bond acceptors (Lipinski definition) is 4. The summed E-state index contributed by atoms with van der Waals surface area (Å²) >= 11 is 1.60. The van der Waals surface area contributed by atoms with E-state index in [0.29, 0.717) is 11.8 Å². The van der Waals surface area contributed by atoms with Crippen molar-refractivity contribution in [1.82, 2.24) is 0 Å². The smallest absolute Gasteiger partial charge is 0.153 e. The number of phenolic OH excluding ortho intramolecular Hbond substituents is 1. The van der Waals surface area contributed by atoms with Gasteiger partial charge in [0.25, 0.3) is 0 Å². The number of rotatable bonds is 1. The second-order valence-corrected chi connectivity index (χ2v) is 4.34. The van der Waals surface area contributed by atoms with Crippen molar-refractivity contribution >= 4 is 23.7 Å². The van der Waals surface area contributed by atoms with Gasteiger partial charge in [0, 0.05) is 19.3 Å². The molecule has 0 fully saturated rings. The number of nitrogens with zero attached hydrogens (tertiary/aromatic N) is 1. The molecule has 0 spiro atoms. The molecule has 0 radical (unpaired) electrons. The summed E-state index contributed by atoms with van der Waals surface area (Å²) in [5, 5.41) is 9.77. The van der Waals surface area contributed by atoms with Gasteiger partial charge in [-0.15, -0.1) is 11.8 Å². The molecule has 74 valence electrons. The van der Waals surface area contributed by atoms with Crippen LogP contribution in [-0.4, -0.2) is 30.7 Å². The Balaban J connectivity index is 2.57. The van der Waals surface area contributed by atoms with Crippen LogP contribution in [0.2, 0.25) is 0 Å². The van der Waals surface area contributed by atoms with Gasteiger partial charge in [0.05, 0.1) is 16.1 Å². The largest absolute Gasteiger partial charge is 0.506 e. The SMILES string of the molecule is CN1CCSc2c1ccc(C=O)c2O. The first-order valence-corrected chi connectivity index (χ1v) is 5.37. The second kappa shape index (κ2) is 3.53. The van der Waals surface area contributed by atoms with Gasteiger partial charge in [0.15, 0.2) is 6.29 Å². The molecule has 0 aliphatic carbocycles. The summed E-state index contributed by atoms with van der Waals surface area (Å²) in [6.07, 6.45) is 0.685. The normalized spacial score (nSPS) is 15.1. The third kappa shape index (κ3) is 1.35. The van der Waals surface area contributed by atoms with Crippen molar-refractivity contribution in [3.05, 3.63) is 17.7 Å². The maximum absolute atomic E-state index is 10.6. The third-order valence-corrected chi connectivity index (χ3v) is 3.43. The van der Waals surface area contributed by atoms with Crippen LogP contribution in [0.25, 0.3) is 0 Å². The molecular formula is C10H11NO2S. The number of carbonyl (C=O) groups is 1. The second-order valence-electron chi connectivity index (χ2n) is 3.24. The molecule has 1 heterocycles. The van der Waals surface area contributed by atoms with E-state index < -0.39 is 0 Å². The number of benzene rings is 1. The van der Waals surface area contributed by atoms with Crippen LogP contribution in [0, 0.1) is 0 Å². The van der Waals surface area contributed by atoms with Gasteiger partial charge in [-0.3, -0.25) is 4.79 Å². The van der Waals surface area contributed by atoms with Crippen molar-refractivity contribution in [3.8, 4) is 5.75 Å². The lowest BCUT2D eigenvalue weighted by atomic mass is 10.2. The van der Waals surface area contributed by atoms with Gasteiger partial charge in [0.2, 0.25) is 0 Å². The van der Waals surface area contributed by atoms with Gasteiger partial charge in [-0.1, -0.05) is 0 Å². The molecule has 1 aliphatic rings. The summed E-state index contributed by atoms with van der Waals surface area (Å²) in [5.41, 5.74) is 1.37. The molecule has 2 rings (SSSR count). The molecule has 3 nitrogen and oxygen atoms in total. The van der Waals surface area contributed by atoms with Gasteiger partial charge in [-0.2, -0.15) is 0 Å². The molecule has 1 N–H and O–H groups in total. The summed E-state index contributed by atoms with van der Waals surface area (Å²) in [7, 11) is 1.98. The van der Waals surface area contributed by atoms with E-state index in [-0.39, 0.29) is 5.75 Å². The van der Waals surface area contributed by atoms with Crippen LogP contribution >= 0.6 is 11.8 Å². The minimum Gasteiger partial charge on any atom is -0.506 e. The fraction of sp³-hybridized carbons (Fsp3) is 0.300. The molecule has 0 unspecified atom stereocenters. The van der Waals surface area contributed by atoms with E-state index in [1.54, 1.807) is 17.8 Å². The predicted molar refractivity (Wildman–Crippen MR) is 57.5 cm³/mol. The zero-order chi connectivity index (χ0) is 10.1. The number of phenols is 1. The first-order chi connectivity index (χ1) is 6.74. The Morgan fingerprint density at radius 3 is 3.07 bits per heavy atom. The van der Waals surface area contributed by atoms with Crippen molar-refractivity contribution in [1.29, 1.82) is 0 Å². The molecule has 1 aromatic carbocycles. The molecule has 0 aromatic heterocycles. The van der Waals surface area contributed by atoms with Crippen LogP contribution in [0.4, 0.5) is 5.69 Å². The van der Waals surface area contributed by atoms with Crippen LogP contribution in [-0.2, 0) is 0 Å². The lowest BCUT2D eigenvalue weighted by molar-refractivity contribution is 0.112. The van der Waals surface area contributed by atoms with E-state index in [9.17, 15) is 9.90 Å². The molecule has 14 heavy (non-hydrogen) atoms. The quantitative estimate of drug-likeness (QED) is 0.715. The van der Waals surface area contributed by atoms with Gasteiger partial charge in [-0.25, -0.2) is 0 Å². The van der Waals surface area contributed by atoms with Gasteiger partial charge in [0.1, 0.15) is 5.75 Å². The van der Waals surface area contributed by atoms with E-state index in [4.69, 9.17) is 0 Å². The molecule has 0 saturated heterocycles. The molecule has 0 atom stereocenters. The van der Waals surface area contributed by atoms with Crippen molar-refractivity contribution in [2.45, 2.75) is 4.90 Å². The maximum Gasteiger partial charge on any atom is 0.153 e. The highest BCUT2D eigenvalue weighted by Gasteiger charge is 2.19. The molecular weight excluding hydrogens is 198 g/mol. The van der Waals surface area contributed by atoms with Crippen molar-refractivity contribution in [2.75, 3.05) is 24.2 Å². The fourth-order valence-corrected chi connectivity index (χ4v) is 2.71. The van der Waals surface area contributed by atoms with Crippen molar-refractivity contribution in [3.63, 3.8) is 0 Å². The highest BCUT2D eigenvalue weighted by molar-refractivity contribution is 7.99. The average Bonchev–Trinajstić information content (AvgIpc) is 2.20. The minimum absolute atomic E-state index is 0.119. The zero-order valence-electron chi connectivity index (χ0n) is 7.86. The average molecular weight is 209 g/mol. The predicted octanol–water partition coefficient (Wildman–Crippen LogP) is 1.75. The lowest BCUT2D eigenvalue weighted by Gasteiger charge is -2.27. The Kier molecular flexibility index (Phi) is 2.37. The summed E-state index contributed by atoms with van der Waals surface area (Å²) in [4.78, 5) is 13.5. The first kappa shape index (κ1) is 9.40. The summed E-state index contributed by atoms with van der Waals surface area (Å²) in [5.74, 6) is 1.06. The van der Waals surface area contributed by atoms with Gasteiger partial charge < -0.3 is 10.0 Å². The Morgan fingerprint density at radius 2 is 2.36 bits per heavy atom. The van der Waals surface area contributed by atoms with Crippen LogP contribution in [0.15, 0.2) is 17.0 Å². The van der Waals surface area contributed by atoms with E-state index in [2.05, 4.69) is 4.90 Å². The van der Waals surface area contributed by atoms with Crippen molar-refractivity contribution in [2.24, 2.45) is 0 Å². The number of hydrogen-bond donors (Lipinski definition) is 1. The highest BCUT2D eigenvalue weighted by atomic mass is 32.2. The number of anilines is 1. The zero-order valence-corrected chi connectivity index (χ0v) is 8.67. The monoisotopic (exact) mass is 209 g/mol. The Hall–Kier alpha value is -1.16. The lowest BCUT2D eigenvalue weighted by Crippen LogP contribution is -2.24. The fourth-order valence-electron chi connectivity index (χ4n) is 1.52. The molecule has 1 aromatic rings. The number of thioether (sulfide) groups is 1. The topological polar surface area (TPSA) is 40.5 Å². The van der Waals surface area contributed by atoms with Crippen LogP contribution < -0.4 is 4.90 Å². The van der Waals surface area contributed by atoms with E-state index in [1.807, 2.05) is 13.1 Å².